The van der Waals surface area contributed by atoms with Gasteiger partial charge in [0.15, 0.2) is 0 Å². The van der Waals surface area contributed by atoms with Crippen LogP contribution in [0.4, 0.5) is 0 Å². The molecule has 0 saturated heterocycles. The third-order valence-corrected chi connectivity index (χ3v) is 3.46. The summed E-state index contributed by atoms with van der Waals surface area (Å²) >= 11 is 0. The fraction of sp³-hybridized carbons (Fsp3) is 0.357. The van der Waals surface area contributed by atoms with Gasteiger partial charge in [-0.25, -0.2) is 0 Å². The van der Waals surface area contributed by atoms with Gasteiger partial charge in [-0.05, 0) is 36.3 Å². The van der Waals surface area contributed by atoms with Crippen LogP contribution in [-0.2, 0) is 19.9 Å². The lowest BCUT2D eigenvalue weighted by Crippen LogP contribution is -2.11. The van der Waals surface area contributed by atoms with Crippen LogP contribution in [-0.4, -0.2) is 9.78 Å². The van der Waals surface area contributed by atoms with Gasteiger partial charge in [-0.1, -0.05) is 30.3 Å². The molecule has 0 fully saturated rings. The maximum absolute atomic E-state index is 4.50. The summed E-state index contributed by atoms with van der Waals surface area (Å²) in [6.07, 6.45) is 5.67. The lowest BCUT2D eigenvalue weighted by atomic mass is 9.83. The molecule has 1 heterocycles. The van der Waals surface area contributed by atoms with Crippen LogP contribution in [0.5, 0.6) is 0 Å². The van der Waals surface area contributed by atoms with Crippen molar-refractivity contribution in [3.8, 4) is 0 Å². The Morgan fingerprint density at radius 2 is 2.06 bits per heavy atom. The van der Waals surface area contributed by atoms with Crippen LogP contribution in [0.3, 0.4) is 0 Å². The highest BCUT2D eigenvalue weighted by Crippen LogP contribution is 2.31. The number of hydrogen-bond donors (Lipinski definition) is 0. The molecule has 1 aromatic carbocycles. The van der Waals surface area contributed by atoms with E-state index in [0.717, 1.165) is 12.8 Å². The van der Waals surface area contributed by atoms with Crippen LogP contribution in [0.2, 0.25) is 0 Å². The molecule has 1 aliphatic rings. The molecule has 2 nitrogen and oxygen atoms in total. The Kier molecular flexibility index (Phi) is 2.28. The smallest absolute Gasteiger partial charge is 0.0656 e. The first-order chi connectivity index (χ1) is 7.83. The molecular weight excluding hydrogens is 196 g/mol. The Balaban J connectivity index is 1.88. The van der Waals surface area contributed by atoms with Gasteiger partial charge in [-0.3, -0.25) is 4.68 Å². The van der Waals surface area contributed by atoms with Crippen LogP contribution in [0.15, 0.2) is 36.5 Å². The number of fused-ring (bicyclic) bond motifs is 1. The summed E-state index contributed by atoms with van der Waals surface area (Å²) in [5, 5.41) is 4.50. The zero-order valence-electron chi connectivity index (χ0n) is 9.56. The molecule has 82 valence electrons. The fourth-order valence-corrected chi connectivity index (χ4v) is 2.65. The van der Waals surface area contributed by atoms with Gasteiger partial charge >= 0.3 is 0 Å². The molecule has 1 aliphatic carbocycles. The first-order valence-corrected chi connectivity index (χ1v) is 5.89. The van der Waals surface area contributed by atoms with Crippen molar-refractivity contribution in [1.29, 1.82) is 0 Å². The molecule has 2 aromatic rings. The molecule has 0 amide bonds. The quantitative estimate of drug-likeness (QED) is 0.710. The number of aryl methyl sites for hydroxylation is 2. The van der Waals surface area contributed by atoms with Crippen molar-refractivity contribution in [3.63, 3.8) is 0 Å². The van der Waals surface area contributed by atoms with E-state index in [9.17, 15) is 0 Å². The number of nitrogens with zero attached hydrogens (tertiary/aromatic N) is 2. The van der Waals surface area contributed by atoms with Crippen molar-refractivity contribution in [1.82, 2.24) is 9.78 Å². The molecule has 0 bridgehead atoms. The van der Waals surface area contributed by atoms with Gasteiger partial charge in [-0.15, -0.1) is 0 Å². The van der Waals surface area contributed by atoms with Crippen LogP contribution in [0.1, 0.15) is 29.2 Å². The molecule has 0 saturated carbocycles. The second kappa shape index (κ2) is 3.78. The monoisotopic (exact) mass is 212 g/mol. The second-order valence-electron chi connectivity index (χ2n) is 4.63. The van der Waals surface area contributed by atoms with Gasteiger partial charge < -0.3 is 0 Å². The molecule has 1 unspecified atom stereocenters. The largest absolute Gasteiger partial charge is 0.275 e. The first kappa shape index (κ1) is 9.64. The minimum atomic E-state index is 0.679. The molecule has 0 spiro atoms. The molecule has 0 N–H and O–H groups in total. The standard InChI is InChI=1S/C14H16N2/c1-16-10-13-9-12(7-8-14(13)15-16)11-5-3-2-4-6-11/h2-6,10,12H,7-9H2,1H3. The van der Waals surface area contributed by atoms with E-state index in [0.29, 0.717) is 5.92 Å². The number of benzene rings is 1. The minimum Gasteiger partial charge on any atom is -0.275 e. The summed E-state index contributed by atoms with van der Waals surface area (Å²) in [5.74, 6) is 0.679. The summed E-state index contributed by atoms with van der Waals surface area (Å²) < 4.78 is 1.94. The van der Waals surface area contributed by atoms with E-state index in [-0.39, 0.29) is 0 Å². The Morgan fingerprint density at radius 3 is 2.88 bits per heavy atom. The maximum Gasteiger partial charge on any atom is 0.0656 e. The van der Waals surface area contributed by atoms with Crippen LogP contribution < -0.4 is 0 Å². The van der Waals surface area contributed by atoms with Crippen LogP contribution in [0, 0.1) is 0 Å². The van der Waals surface area contributed by atoms with E-state index in [1.165, 1.54) is 23.2 Å². The summed E-state index contributed by atoms with van der Waals surface area (Å²) in [6, 6.07) is 10.8. The zero-order valence-corrected chi connectivity index (χ0v) is 9.56. The summed E-state index contributed by atoms with van der Waals surface area (Å²) in [5.41, 5.74) is 4.20. The van der Waals surface area contributed by atoms with Gasteiger partial charge in [0.1, 0.15) is 0 Å². The molecule has 3 rings (SSSR count). The Hall–Kier alpha value is -1.57. The van der Waals surface area contributed by atoms with Gasteiger partial charge in [0.2, 0.25) is 0 Å². The topological polar surface area (TPSA) is 17.8 Å². The van der Waals surface area contributed by atoms with E-state index in [1.807, 2.05) is 11.7 Å². The number of aromatic nitrogens is 2. The molecule has 1 atom stereocenters. The second-order valence-corrected chi connectivity index (χ2v) is 4.63. The highest BCUT2D eigenvalue weighted by Gasteiger charge is 2.21. The summed E-state index contributed by atoms with van der Waals surface area (Å²) in [4.78, 5) is 0. The molecular formula is C14H16N2. The number of rotatable bonds is 1. The van der Waals surface area contributed by atoms with Crippen LogP contribution in [0.25, 0.3) is 0 Å². The molecule has 0 aliphatic heterocycles. The lowest BCUT2D eigenvalue weighted by Gasteiger charge is -2.21. The van der Waals surface area contributed by atoms with E-state index >= 15 is 0 Å². The van der Waals surface area contributed by atoms with Gasteiger partial charge in [0, 0.05) is 13.2 Å². The van der Waals surface area contributed by atoms with Crippen molar-refractivity contribution in [2.45, 2.75) is 25.2 Å². The average molecular weight is 212 g/mol. The molecule has 1 aromatic heterocycles. The predicted octanol–water partition coefficient (Wildman–Crippen LogP) is 2.69. The maximum atomic E-state index is 4.50. The molecule has 0 radical (unpaired) electrons. The van der Waals surface area contributed by atoms with Gasteiger partial charge in [-0.2, -0.15) is 5.10 Å². The Morgan fingerprint density at radius 1 is 1.25 bits per heavy atom. The van der Waals surface area contributed by atoms with Crippen LogP contribution >= 0.6 is 0 Å². The number of hydrogen-bond acceptors (Lipinski definition) is 1. The fourth-order valence-electron chi connectivity index (χ4n) is 2.65. The van der Waals surface area contributed by atoms with E-state index in [1.54, 1.807) is 0 Å². The van der Waals surface area contributed by atoms with E-state index in [2.05, 4.69) is 41.6 Å². The highest BCUT2D eigenvalue weighted by atomic mass is 15.2. The van der Waals surface area contributed by atoms with Crippen molar-refractivity contribution in [2.75, 3.05) is 0 Å². The summed E-state index contributed by atoms with van der Waals surface area (Å²) in [7, 11) is 2.01. The van der Waals surface area contributed by atoms with Gasteiger partial charge in [0.05, 0.1) is 5.69 Å². The normalized spacial score (nSPS) is 19.4. The molecule has 2 heteroatoms. The Bertz CT molecular complexity index is 485. The van der Waals surface area contributed by atoms with Crippen molar-refractivity contribution >= 4 is 0 Å². The highest BCUT2D eigenvalue weighted by molar-refractivity contribution is 5.28. The Labute approximate surface area is 95.9 Å². The third kappa shape index (κ3) is 1.64. The minimum absolute atomic E-state index is 0.679. The predicted molar refractivity (Wildman–Crippen MR) is 64.4 cm³/mol. The van der Waals surface area contributed by atoms with E-state index in [4.69, 9.17) is 0 Å². The SMILES string of the molecule is Cn1cc2c(n1)CCC(c1ccccc1)C2. The average Bonchev–Trinajstić information content (AvgIpc) is 2.69. The zero-order chi connectivity index (χ0) is 11.0. The van der Waals surface area contributed by atoms with Gasteiger partial charge in [0.25, 0.3) is 0 Å². The van der Waals surface area contributed by atoms with Crippen molar-refractivity contribution in [2.24, 2.45) is 7.05 Å². The first-order valence-electron chi connectivity index (χ1n) is 5.89. The molecule has 16 heavy (non-hydrogen) atoms. The lowest BCUT2D eigenvalue weighted by molar-refractivity contribution is 0.577. The summed E-state index contributed by atoms with van der Waals surface area (Å²) in [6.45, 7) is 0. The van der Waals surface area contributed by atoms with E-state index < -0.39 is 0 Å². The van der Waals surface area contributed by atoms with Crippen molar-refractivity contribution < 1.29 is 0 Å². The third-order valence-electron chi connectivity index (χ3n) is 3.46. The van der Waals surface area contributed by atoms with Crippen molar-refractivity contribution in [3.05, 3.63) is 53.3 Å².